The number of ether oxygens (including phenoxy) is 1. The van der Waals surface area contributed by atoms with Crippen LogP contribution in [0, 0.1) is 6.92 Å². The first-order valence-electron chi connectivity index (χ1n) is 3.95. The Bertz CT molecular complexity index is 368. The van der Waals surface area contributed by atoms with Gasteiger partial charge in [-0.25, -0.2) is 0 Å². The molecule has 3 nitrogen and oxygen atoms in total. The van der Waals surface area contributed by atoms with Crippen molar-refractivity contribution in [2.45, 2.75) is 6.92 Å². The van der Waals surface area contributed by atoms with Gasteiger partial charge in [0.1, 0.15) is 5.75 Å². The number of hydrogen-bond acceptors (Lipinski definition) is 2. The first kappa shape index (κ1) is 11.1. The highest BCUT2D eigenvalue weighted by molar-refractivity contribution is 7.80. The molecule has 0 saturated heterocycles. The number of anilines is 1. The average molecular weight is 231 g/mol. The SMILES string of the molecule is COc1cc(NC(N)=S)cc(Cl)c1C. The normalized spacial score (nSPS) is 9.64. The van der Waals surface area contributed by atoms with Gasteiger partial charge in [0, 0.05) is 22.3 Å². The van der Waals surface area contributed by atoms with E-state index >= 15 is 0 Å². The third-order valence-corrected chi connectivity index (χ3v) is 2.28. The van der Waals surface area contributed by atoms with Crippen LogP contribution in [0.3, 0.4) is 0 Å². The summed E-state index contributed by atoms with van der Waals surface area (Å²) in [4.78, 5) is 0. The van der Waals surface area contributed by atoms with E-state index in [1.54, 1.807) is 19.2 Å². The molecule has 0 heterocycles. The molecule has 1 aromatic rings. The summed E-state index contributed by atoms with van der Waals surface area (Å²) in [5, 5.41) is 3.61. The Kier molecular flexibility index (Phi) is 3.55. The van der Waals surface area contributed by atoms with Gasteiger partial charge in [0.25, 0.3) is 0 Å². The maximum absolute atomic E-state index is 5.98. The molecule has 76 valence electrons. The van der Waals surface area contributed by atoms with Crippen LogP contribution in [0.5, 0.6) is 5.75 Å². The minimum absolute atomic E-state index is 0.201. The van der Waals surface area contributed by atoms with E-state index in [1.165, 1.54) is 0 Å². The summed E-state index contributed by atoms with van der Waals surface area (Å²) in [7, 11) is 1.59. The van der Waals surface area contributed by atoms with Crippen LogP contribution in [-0.2, 0) is 0 Å². The Balaban J connectivity index is 3.09. The van der Waals surface area contributed by atoms with E-state index in [9.17, 15) is 0 Å². The highest BCUT2D eigenvalue weighted by Crippen LogP contribution is 2.29. The van der Waals surface area contributed by atoms with Crippen molar-refractivity contribution < 1.29 is 4.74 Å². The van der Waals surface area contributed by atoms with E-state index < -0.39 is 0 Å². The minimum Gasteiger partial charge on any atom is -0.496 e. The van der Waals surface area contributed by atoms with E-state index in [1.807, 2.05) is 6.92 Å². The molecule has 0 atom stereocenters. The Labute approximate surface area is 93.2 Å². The zero-order chi connectivity index (χ0) is 10.7. The fraction of sp³-hybridized carbons (Fsp3) is 0.222. The van der Waals surface area contributed by atoms with Gasteiger partial charge in [0.2, 0.25) is 0 Å². The van der Waals surface area contributed by atoms with Crippen LogP contribution in [0.4, 0.5) is 5.69 Å². The summed E-state index contributed by atoms with van der Waals surface area (Å²) in [6, 6.07) is 3.54. The Morgan fingerprint density at radius 1 is 1.57 bits per heavy atom. The summed E-state index contributed by atoms with van der Waals surface area (Å²) in [6.45, 7) is 1.88. The van der Waals surface area contributed by atoms with Crippen molar-refractivity contribution in [1.82, 2.24) is 0 Å². The number of benzene rings is 1. The molecular weight excluding hydrogens is 220 g/mol. The highest BCUT2D eigenvalue weighted by Gasteiger charge is 2.05. The molecule has 0 saturated carbocycles. The van der Waals surface area contributed by atoms with Crippen LogP contribution in [0.1, 0.15) is 5.56 Å². The maximum atomic E-state index is 5.98. The molecule has 0 amide bonds. The van der Waals surface area contributed by atoms with Crippen LogP contribution in [0.15, 0.2) is 12.1 Å². The van der Waals surface area contributed by atoms with Gasteiger partial charge in [-0.1, -0.05) is 11.6 Å². The monoisotopic (exact) mass is 230 g/mol. The second-order valence-corrected chi connectivity index (χ2v) is 3.62. The predicted octanol–water partition coefficient (Wildman–Crippen LogP) is 2.31. The molecule has 1 rings (SSSR count). The smallest absolute Gasteiger partial charge is 0.168 e. The first-order chi connectivity index (χ1) is 6.54. The molecule has 0 aliphatic heterocycles. The second kappa shape index (κ2) is 4.48. The lowest BCUT2D eigenvalue weighted by atomic mass is 10.2. The highest BCUT2D eigenvalue weighted by atomic mass is 35.5. The number of rotatable bonds is 2. The number of nitrogens with two attached hydrogens (primary N) is 1. The summed E-state index contributed by atoms with van der Waals surface area (Å²) >= 11 is 10.7. The molecule has 5 heteroatoms. The van der Waals surface area contributed by atoms with Crippen molar-refractivity contribution in [3.63, 3.8) is 0 Å². The molecule has 14 heavy (non-hydrogen) atoms. The van der Waals surface area contributed by atoms with Crippen LogP contribution >= 0.6 is 23.8 Å². The molecule has 0 radical (unpaired) electrons. The quantitative estimate of drug-likeness (QED) is 0.766. The first-order valence-corrected chi connectivity index (χ1v) is 4.74. The maximum Gasteiger partial charge on any atom is 0.168 e. The summed E-state index contributed by atoms with van der Waals surface area (Å²) in [6.07, 6.45) is 0. The molecule has 0 aromatic heterocycles. The lowest BCUT2D eigenvalue weighted by Crippen LogP contribution is -2.18. The zero-order valence-corrected chi connectivity index (χ0v) is 9.50. The fourth-order valence-corrected chi connectivity index (χ4v) is 1.41. The molecule has 1 aromatic carbocycles. The standard InChI is InChI=1S/C9H11ClN2OS/c1-5-7(10)3-6(12-9(11)14)4-8(5)13-2/h3-4H,1-2H3,(H3,11,12,14). The van der Waals surface area contributed by atoms with E-state index in [0.29, 0.717) is 10.8 Å². The lowest BCUT2D eigenvalue weighted by Gasteiger charge is -2.10. The molecule has 3 N–H and O–H groups in total. The molecule has 0 aliphatic carbocycles. The van der Waals surface area contributed by atoms with Gasteiger partial charge in [-0.3, -0.25) is 0 Å². The van der Waals surface area contributed by atoms with E-state index in [4.69, 9.17) is 34.3 Å². The number of methoxy groups -OCH3 is 1. The predicted molar refractivity (Wildman–Crippen MR) is 63.1 cm³/mol. The average Bonchev–Trinajstić information content (AvgIpc) is 2.10. The van der Waals surface area contributed by atoms with Gasteiger partial charge in [-0.2, -0.15) is 0 Å². The molecule has 0 unspecified atom stereocenters. The van der Waals surface area contributed by atoms with Gasteiger partial charge in [-0.05, 0) is 25.2 Å². The molecule has 0 bridgehead atoms. The van der Waals surface area contributed by atoms with Crippen molar-refractivity contribution in [1.29, 1.82) is 0 Å². The van der Waals surface area contributed by atoms with Crippen LogP contribution < -0.4 is 15.8 Å². The van der Waals surface area contributed by atoms with Crippen LogP contribution in [0.25, 0.3) is 0 Å². The van der Waals surface area contributed by atoms with Gasteiger partial charge in [0.15, 0.2) is 5.11 Å². The van der Waals surface area contributed by atoms with Gasteiger partial charge in [0.05, 0.1) is 7.11 Å². The van der Waals surface area contributed by atoms with E-state index in [0.717, 1.165) is 11.3 Å². The van der Waals surface area contributed by atoms with Gasteiger partial charge >= 0.3 is 0 Å². The third kappa shape index (κ3) is 2.49. The summed E-state index contributed by atoms with van der Waals surface area (Å²) in [5.41, 5.74) is 6.96. The van der Waals surface area contributed by atoms with Crippen LogP contribution in [0.2, 0.25) is 5.02 Å². The van der Waals surface area contributed by atoms with Crippen LogP contribution in [-0.4, -0.2) is 12.2 Å². The Morgan fingerprint density at radius 2 is 2.21 bits per heavy atom. The van der Waals surface area contributed by atoms with Crippen molar-refractivity contribution in [2.24, 2.45) is 5.73 Å². The molecular formula is C9H11ClN2OS. The van der Waals surface area contributed by atoms with Crippen molar-refractivity contribution in [3.8, 4) is 5.75 Å². The lowest BCUT2D eigenvalue weighted by molar-refractivity contribution is 0.412. The van der Waals surface area contributed by atoms with Crippen molar-refractivity contribution in [3.05, 3.63) is 22.7 Å². The van der Waals surface area contributed by atoms with E-state index in [2.05, 4.69) is 5.32 Å². The minimum atomic E-state index is 0.201. The summed E-state index contributed by atoms with van der Waals surface area (Å²) < 4.78 is 5.14. The molecule has 0 fully saturated rings. The Hall–Kier alpha value is -1.00. The van der Waals surface area contributed by atoms with Gasteiger partial charge < -0.3 is 15.8 Å². The topological polar surface area (TPSA) is 47.3 Å². The third-order valence-electron chi connectivity index (χ3n) is 1.78. The Morgan fingerprint density at radius 3 is 2.71 bits per heavy atom. The molecule has 0 spiro atoms. The largest absolute Gasteiger partial charge is 0.496 e. The van der Waals surface area contributed by atoms with Gasteiger partial charge in [-0.15, -0.1) is 0 Å². The number of hydrogen-bond donors (Lipinski definition) is 2. The van der Waals surface area contributed by atoms with Crippen molar-refractivity contribution >= 4 is 34.6 Å². The molecule has 0 aliphatic rings. The fourth-order valence-electron chi connectivity index (χ4n) is 1.08. The number of nitrogens with one attached hydrogen (secondary N) is 1. The van der Waals surface area contributed by atoms with E-state index in [-0.39, 0.29) is 5.11 Å². The van der Waals surface area contributed by atoms with Crippen molar-refractivity contribution in [2.75, 3.05) is 12.4 Å². The second-order valence-electron chi connectivity index (χ2n) is 2.77. The zero-order valence-electron chi connectivity index (χ0n) is 7.93. The number of halogens is 1. The summed E-state index contributed by atoms with van der Waals surface area (Å²) in [5.74, 6) is 0.705. The number of thiocarbonyl (C=S) groups is 1.